The Balaban J connectivity index is 1.43. The van der Waals surface area contributed by atoms with Crippen LogP contribution in [0.1, 0.15) is 52.4 Å². The molecule has 2 aliphatic heterocycles. The van der Waals surface area contributed by atoms with E-state index < -0.39 is 0 Å². The first-order valence-corrected chi connectivity index (χ1v) is 9.46. The Morgan fingerprint density at radius 2 is 1.43 bits per heavy atom. The van der Waals surface area contributed by atoms with E-state index in [2.05, 4.69) is 28.5 Å². The van der Waals surface area contributed by atoms with Gasteiger partial charge in [-0.25, -0.2) is 0 Å². The SMILES string of the molecule is CCN1CCN(C2CCN([C@@H]3CCC[C@@H](C)C3)CC2)CC1. The quantitative estimate of drug-likeness (QED) is 0.792. The van der Waals surface area contributed by atoms with Crippen LogP contribution in [0.2, 0.25) is 0 Å². The van der Waals surface area contributed by atoms with Gasteiger partial charge in [-0.3, -0.25) is 4.90 Å². The Hall–Kier alpha value is -0.120. The van der Waals surface area contributed by atoms with Gasteiger partial charge < -0.3 is 9.80 Å². The molecule has 3 fully saturated rings. The first-order chi connectivity index (χ1) is 10.3. The van der Waals surface area contributed by atoms with Crippen LogP contribution in [-0.4, -0.2) is 72.6 Å². The lowest BCUT2D eigenvalue weighted by Crippen LogP contribution is -2.54. The molecule has 2 saturated heterocycles. The fourth-order valence-electron chi connectivity index (χ4n) is 4.79. The van der Waals surface area contributed by atoms with Crippen molar-refractivity contribution < 1.29 is 0 Å². The average Bonchev–Trinajstić information content (AvgIpc) is 2.55. The van der Waals surface area contributed by atoms with E-state index in [1.807, 2.05) is 0 Å². The highest BCUT2D eigenvalue weighted by Gasteiger charge is 2.31. The van der Waals surface area contributed by atoms with E-state index in [9.17, 15) is 0 Å². The number of likely N-dealkylation sites (tertiary alicyclic amines) is 1. The Kier molecular flexibility index (Phi) is 5.58. The summed E-state index contributed by atoms with van der Waals surface area (Å²) in [4.78, 5) is 8.20. The molecule has 0 spiro atoms. The molecule has 0 amide bonds. The summed E-state index contributed by atoms with van der Waals surface area (Å²) < 4.78 is 0. The minimum absolute atomic E-state index is 0.876. The molecule has 2 atom stereocenters. The normalized spacial score (nSPS) is 35.1. The van der Waals surface area contributed by atoms with Gasteiger partial charge in [0.1, 0.15) is 0 Å². The lowest BCUT2D eigenvalue weighted by atomic mass is 9.85. The van der Waals surface area contributed by atoms with E-state index in [1.165, 1.54) is 84.3 Å². The third kappa shape index (κ3) is 4.00. The van der Waals surface area contributed by atoms with Crippen molar-refractivity contribution >= 4 is 0 Å². The van der Waals surface area contributed by atoms with Crippen molar-refractivity contribution in [3.63, 3.8) is 0 Å². The molecule has 3 rings (SSSR count). The molecule has 1 aliphatic carbocycles. The van der Waals surface area contributed by atoms with Crippen LogP contribution in [0.5, 0.6) is 0 Å². The molecule has 0 aromatic rings. The maximum Gasteiger partial charge on any atom is 0.0121 e. The van der Waals surface area contributed by atoms with Crippen LogP contribution in [0.15, 0.2) is 0 Å². The molecule has 122 valence electrons. The van der Waals surface area contributed by atoms with Crippen molar-refractivity contribution in [3.8, 4) is 0 Å². The van der Waals surface area contributed by atoms with Gasteiger partial charge in [0.25, 0.3) is 0 Å². The predicted molar refractivity (Wildman–Crippen MR) is 89.7 cm³/mol. The Morgan fingerprint density at radius 1 is 0.762 bits per heavy atom. The summed E-state index contributed by atoms with van der Waals surface area (Å²) in [5.74, 6) is 0.962. The van der Waals surface area contributed by atoms with Crippen LogP contribution in [0.4, 0.5) is 0 Å². The molecule has 0 N–H and O–H groups in total. The van der Waals surface area contributed by atoms with E-state index in [0.717, 1.165) is 18.0 Å². The van der Waals surface area contributed by atoms with Gasteiger partial charge in [-0.1, -0.05) is 26.7 Å². The summed E-state index contributed by atoms with van der Waals surface area (Å²) in [5.41, 5.74) is 0. The minimum Gasteiger partial charge on any atom is -0.301 e. The molecular weight excluding hydrogens is 258 g/mol. The smallest absolute Gasteiger partial charge is 0.0121 e. The summed E-state index contributed by atoms with van der Waals surface area (Å²) in [6.45, 7) is 13.9. The number of piperidine rings is 1. The van der Waals surface area contributed by atoms with E-state index in [1.54, 1.807) is 0 Å². The number of hydrogen-bond donors (Lipinski definition) is 0. The highest BCUT2D eigenvalue weighted by atomic mass is 15.3. The van der Waals surface area contributed by atoms with E-state index in [0.29, 0.717) is 0 Å². The monoisotopic (exact) mass is 293 g/mol. The standard InChI is InChI=1S/C18H35N3/c1-3-19-11-13-21(14-12-19)17-7-9-20(10-8-17)18-6-4-5-16(2)15-18/h16-18H,3-15H2,1-2H3/t16-,18-/m1/s1. The van der Waals surface area contributed by atoms with Crippen LogP contribution in [0.3, 0.4) is 0 Å². The van der Waals surface area contributed by atoms with Gasteiger partial charge in [-0.05, 0) is 51.2 Å². The number of likely N-dealkylation sites (N-methyl/N-ethyl adjacent to an activating group) is 1. The second-order valence-electron chi connectivity index (χ2n) is 7.66. The van der Waals surface area contributed by atoms with Gasteiger partial charge in [-0.2, -0.15) is 0 Å². The number of nitrogens with zero attached hydrogens (tertiary/aromatic N) is 3. The predicted octanol–water partition coefficient (Wildman–Crippen LogP) is 2.67. The lowest BCUT2D eigenvalue weighted by Gasteiger charge is -2.45. The van der Waals surface area contributed by atoms with Crippen molar-refractivity contribution in [3.05, 3.63) is 0 Å². The minimum atomic E-state index is 0.876. The molecule has 0 bridgehead atoms. The molecule has 0 aromatic carbocycles. The Morgan fingerprint density at radius 3 is 2.05 bits per heavy atom. The summed E-state index contributed by atoms with van der Waals surface area (Å²) in [6, 6.07) is 1.79. The van der Waals surface area contributed by atoms with Crippen molar-refractivity contribution in [2.45, 2.75) is 64.5 Å². The van der Waals surface area contributed by atoms with Gasteiger partial charge in [0.2, 0.25) is 0 Å². The fraction of sp³-hybridized carbons (Fsp3) is 1.00. The summed E-state index contributed by atoms with van der Waals surface area (Å²) in [6.07, 6.45) is 8.68. The van der Waals surface area contributed by atoms with Gasteiger partial charge in [0, 0.05) is 38.3 Å². The number of piperazine rings is 1. The zero-order valence-corrected chi connectivity index (χ0v) is 14.3. The molecule has 0 unspecified atom stereocenters. The van der Waals surface area contributed by atoms with Crippen LogP contribution in [0.25, 0.3) is 0 Å². The topological polar surface area (TPSA) is 9.72 Å². The average molecular weight is 293 g/mol. The highest BCUT2D eigenvalue weighted by molar-refractivity contribution is 4.87. The highest BCUT2D eigenvalue weighted by Crippen LogP contribution is 2.30. The van der Waals surface area contributed by atoms with Crippen molar-refractivity contribution in [2.24, 2.45) is 5.92 Å². The molecule has 3 nitrogen and oxygen atoms in total. The van der Waals surface area contributed by atoms with E-state index >= 15 is 0 Å². The molecular formula is C18H35N3. The van der Waals surface area contributed by atoms with Crippen molar-refractivity contribution in [1.29, 1.82) is 0 Å². The maximum absolute atomic E-state index is 2.83. The molecule has 3 aliphatic rings. The third-order valence-corrected chi connectivity index (χ3v) is 6.29. The molecule has 2 heterocycles. The van der Waals surface area contributed by atoms with Crippen molar-refractivity contribution in [2.75, 3.05) is 45.8 Å². The largest absolute Gasteiger partial charge is 0.301 e. The second-order valence-corrected chi connectivity index (χ2v) is 7.66. The van der Waals surface area contributed by atoms with Crippen molar-refractivity contribution in [1.82, 2.24) is 14.7 Å². The van der Waals surface area contributed by atoms with Gasteiger partial charge in [-0.15, -0.1) is 0 Å². The fourth-order valence-corrected chi connectivity index (χ4v) is 4.79. The second kappa shape index (κ2) is 7.43. The van der Waals surface area contributed by atoms with Gasteiger partial charge in [0.15, 0.2) is 0 Å². The molecule has 1 saturated carbocycles. The van der Waals surface area contributed by atoms with Crippen LogP contribution < -0.4 is 0 Å². The Bertz CT molecular complexity index is 304. The van der Waals surface area contributed by atoms with E-state index in [-0.39, 0.29) is 0 Å². The zero-order chi connectivity index (χ0) is 14.7. The number of rotatable bonds is 3. The molecule has 21 heavy (non-hydrogen) atoms. The van der Waals surface area contributed by atoms with E-state index in [4.69, 9.17) is 0 Å². The summed E-state index contributed by atoms with van der Waals surface area (Å²) in [7, 11) is 0. The summed E-state index contributed by atoms with van der Waals surface area (Å²) >= 11 is 0. The molecule has 0 aromatic heterocycles. The number of hydrogen-bond acceptors (Lipinski definition) is 3. The van der Waals surface area contributed by atoms with Crippen LogP contribution in [0, 0.1) is 5.92 Å². The Labute approximate surface area is 131 Å². The molecule has 3 heteroatoms. The summed E-state index contributed by atoms with van der Waals surface area (Å²) in [5, 5.41) is 0. The lowest BCUT2D eigenvalue weighted by molar-refractivity contribution is 0.0384. The maximum atomic E-state index is 2.83. The first-order valence-electron chi connectivity index (χ1n) is 9.46. The molecule has 0 radical (unpaired) electrons. The van der Waals surface area contributed by atoms with Crippen LogP contribution in [-0.2, 0) is 0 Å². The third-order valence-electron chi connectivity index (χ3n) is 6.29. The van der Waals surface area contributed by atoms with Gasteiger partial charge >= 0.3 is 0 Å². The zero-order valence-electron chi connectivity index (χ0n) is 14.3. The van der Waals surface area contributed by atoms with Gasteiger partial charge in [0.05, 0.1) is 0 Å². The van der Waals surface area contributed by atoms with Crippen LogP contribution >= 0.6 is 0 Å². The first kappa shape index (κ1) is 15.8.